The maximum absolute atomic E-state index is 8.94. The predicted molar refractivity (Wildman–Crippen MR) is 107 cm³/mol. The lowest BCUT2D eigenvalue weighted by Crippen LogP contribution is -1.78. The summed E-state index contributed by atoms with van der Waals surface area (Å²) in [6, 6.07) is 27.5. The zero-order chi connectivity index (χ0) is 18.2. The van der Waals surface area contributed by atoms with E-state index in [0.717, 1.165) is 22.3 Å². The molecule has 0 aromatic heterocycles. The zero-order valence-corrected chi connectivity index (χ0v) is 14.1. The monoisotopic (exact) mass is 332 g/mol. The lowest BCUT2D eigenvalue weighted by Gasteiger charge is -1.98. The highest BCUT2D eigenvalue weighted by Gasteiger charge is 1.94. The first-order valence-corrected chi connectivity index (χ1v) is 8.23. The van der Waals surface area contributed by atoms with Gasteiger partial charge in [0, 0.05) is 0 Å². The molecule has 26 heavy (non-hydrogen) atoms. The third-order valence-electron chi connectivity index (χ3n) is 3.90. The third kappa shape index (κ3) is 4.57. The number of nitriles is 2. The maximum Gasteiger partial charge on any atom is 0.0991 e. The first-order chi connectivity index (χ1) is 12.8. The van der Waals surface area contributed by atoms with E-state index in [0.29, 0.717) is 11.1 Å². The number of benzene rings is 3. The number of hydrogen-bond donors (Lipinski definition) is 0. The van der Waals surface area contributed by atoms with Crippen LogP contribution in [0.25, 0.3) is 24.3 Å². The molecular formula is C24H16N2. The van der Waals surface area contributed by atoms with E-state index in [1.54, 1.807) is 12.1 Å². The largest absolute Gasteiger partial charge is 0.192 e. The van der Waals surface area contributed by atoms with Gasteiger partial charge in [-0.15, -0.1) is 0 Å². The van der Waals surface area contributed by atoms with Crippen molar-refractivity contribution in [3.63, 3.8) is 0 Å². The van der Waals surface area contributed by atoms with Crippen molar-refractivity contribution in [3.05, 3.63) is 106 Å². The highest BCUT2D eigenvalue weighted by Crippen LogP contribution is 2.14. The van der Waals surface area contributed by atoms with Gasteiger partial charge in [-0.25, -0.2) is 0 Å². The highest BCUT2D eigenvalue weighted by atomic mass is 14.2. The minimum Gasteiger partial charge on any atom is -0.192 e. The summed E-state index contributed by atoms with van der Waals surface area (Å²) in [5.74, 6) is 0. The van der Waals surface area contributed by atoms with E-state index in [4.69, 9.17) is 10.5 Å². The molecule has 0 saturated heterocycles. The van der Waals surface area contributed by atoms with Crippen LogP contribution in [-0.2, 0) is 0 Å². The van der Waals surface area contributed by atoms with Crippen LogP contribution in [0.15, 0.2) is 72.8 Å². The van der Waals surface area contributed by atoms with Crippen LogP contribution < -0.4 is 0 Å². The van der Waals surface area contributed by atoms with E-state index in [9.17, 15) is 0 Å². The first-order valence-electron chi connectivity index (χ1n) is 8.23. The number of nitrogens with zero attached hydrogens (tertiary/aromatic N) is 2. The summed E-state index contributed by atoms with van der Waals surface area (Å²) in [7, 11) is 0. The second-order valence-electron chi connectivity index (χ2n) is 5.81. The van der Waals surface area contributed by atoms with E-state index in [2.05, 4.69) is 36.4 Å². The first kappa shape index (κ1) is 17.0. The van der Waals surface area contributed by atoms with Gasteiger partial charge in [0.15, 0.2) is 0 Å². The molecule has 3 aromatic carbocycles. The van der Waals surface area contributed by atoms with Gasteiger partial charge in [-0.3, -0.25) is 0 Å². The van der Waals surface area contributed by atoms with E-state index >= 15 is 0 Å². The van der Waals surface area contributed by atoms with Gasteiger partial charge in [-0.1, -0.05) is 72.8 Å². The molecule has 122 valence electrons. The van der Waals surface area contributed by atoms with Crippen LogP contribution >= 0.6 is 0 Å². The Labute approximate surface area is 153 Å². The maximum atomic E-state index is 8.94. The molecule has 0 aliphatic heterocycles. The molecule has 2 heteroatoms. The molecule has 0 aliphatic carbocycles. The molecule has 0 fully saturated rings. The van der Waals surface area contributed by atoms with E-state index in [1.807, 2.05) is 60.7 Å². The Morgan fingerprint density at radius 2 is 0.885 bits per heavy atom. The van der Waals surface area contributed by atoms with Crippen LogP contribution in [0.1, 0.15) is 33.4 Å². The summed E-state index contributed by atoms with van der Waals surface area (Å²) in [6.07, 6.45) is 8.05. The average molecular weight is 332 g/mol. The fourth-order valence-electron chi connectivity index (χ4n) is 2.53. The molecule has 3 aromatic rings. The van der Waals surface area contributed by atoms with Gasteiger partial charge < -0.3 is 0 Å². The van der Waals surface area contributed by atoms with Crippen LogP contribution in [0.5, 0.6) is 0 Å². The van der Waals surface area contributed by atoms with Crippen LogP contribution in [0.2, 0.25) is 0 Å². The molecule has 0 amide bonds. The minimum absolute atomic E-state index is 0.660. The number of rotatable bonds is 4. The Kier molecular flexibility index (Phi) is 5.41. The molecule has 0 aliphatic rings. The summed E-state index contributed by atoms with van der Waals surface area (Å²) in [5, 5.41) is 17.9. The second-order valence-corrected chi connectivity index (χ2v) is 5.81. The fourth-order valence-corrected chi connectivity index (χ4v) is 2.53. The average Bonchev–Trinajstić information content (AvgIpc) is 2.72. The Hall–Kier alpha value is -3.88. The fraction of sp³-hybridized carbons (Fsp3) is 0. The van der Waals surface area contributed by atoms with Crippen molar-refractivity contribution in [3.8, 4) is 12.1 Å². The molecule has 0 unspecified atom stereocenters. The van der Waals surface area contributed by atoms with E-state index in [-0.39, 0.29) is 0 Å². The summed E-state index contributed by atoms with van der Waals surface area (Å²) in [6.45, 7) is 0. The van der Waals surface area contributed by atoms with Crippen molar-refractivity contribution in [1.82, 2.24) is 0 Å². The van der Waals surface area contributed by atoms with Crippen molar-refractivity contribution in [2.75, 3.05) is 0 Å². The van der Waals surface area contributed by atoms with Crippen molar-refractivity contribution in [2.45, 2.75) is 0 Å². The lowest BCUT2D eigenvalue weighted by molar-refractivity contribution is 1.48. The SMILES string of the molecule is N#Cc1cccc(C=Cc2ccc(C=Cc3cccc(C#N)c3)cc2)c1. The van der Waals surface area contributed by atoms with E-state index in [1.165, 1.54) is 0 Å². The Morgan fingerprint density at radius 3 is 1.27 bits per heavy atom. The van der Waals surface area contributed by atoms with Gasteiger partial charge in [0.05, 0.1) is 23.3 Å². The van der Waals surface area contributed by atoms with E-state index < -0.39 is 0 Å². The lowest BCUT2D eigenvalue weighted by atomic mass is 10.1. The van der Waals surface area contributed by atoms with Crippen LogP contribution in [0.4, 0.5) is 0 Å². The zero-order valence-electron chi connectivity index (χ0n) is 14.1. The van der Waals surface area contributed by atoms with Gasteiger partial charge in [0.1, 0.15) is 0 Å². The Bertz CT molecular complexity index is 956. The molecule has 0 N–H and O–H groups in total. The predicted octanol–water partition coefficient (Wildman–Crippen LogP) is 5.77. The van der Waals surface area contributed by atoms with Gasteiger partial charge >= 0.3 is 0 Å². The molecule has 0 radical (unpaired) electrons. The quantitative estimate of drug-likeness (QED) is 0.569. The smallest absolute Gasteiger partial charge is 0.0991 e. The molecule has 0 atom stereocenters. The molecule has 2 nitrogen and oxygen atoms in total. The molecule has 0 heterocycles. The normalized spacial score (nSPS) is 10.7. The van der Waals surface area contributed by atoms with Gasteiger partial charge in [-0.05, 0) is 46.5 Å². The standard InChI is InChI=1S/C24H16N2/c25-17-23-5-1-3-21(15-23)13-11-19-7-9-20(10-8-19)12-14-22-4-2-6-24(16-22)18-26/h1-16H. The summed E-state index contributed by atoms with van der Waals surface area (Å²) >= 11 is 0. The van der Waals surface area contributed by atoms with Crippen molar-refractivity contribution >= 4 is 24.3 Å². The van der Waals surface area contributed by atoms with Gasteiger partial charge in [-0.2, -0.15) is 10.5 Å². The minimum atomic E-state index is 0.660. The summed E-state index contributed by atoms with van der Waals surface area (Å²) in [4.78, 5) is 0. The Morgan fingerprint density at radius 1 is 0.500 bits per heavy atom. The second kappa shape index (κ2) is 8.29. The molecule has 0 saturated carbocycles. The summed E-state index contributed by atoms with van der Waals surface area (Å²) < 4.78 is 0. The number of hydrogen-bond acceptors (Lipinski definition) is 2. The van der Waals surface area contributed by atoms with Crippen molar-refractivity contribution in [2.24, 2.45) is 0 Å². The van der Waals surface area contributed by atoms with Crippen molar-refractivity contribution < 1.29 is 0 Å². The van der Waals surface area contributed by atoms with Gasteiger partial charge in [0.2, 0.25) is 0 Å². The van der Waals surface area contributed by atoms with Crippen LogP contribution in [0, 0.1) is 22.7 Å². The summed E-state index contributed by atoms with van der Waals surface area (Å²) in [5.41, 5.74) is 5.52. The van der Waals surface area contributed by atoms with Gasteiger partial charge in [0.25, 0.3) is 0 Å². The van der Waals surface area contributed by atoms with Crippen molar-refractivity contribution in [1.29, 1.82) is 10.5 Å². The third-order valence-corrected chi connectivity index (χ3v) is 3.90. The molecular weight excluding hydrogens is 316 g/mol. The highest BCUT2D eigenvalue weighted by molar-refractivity contribution is 5.73. The Balaban J connectivity index is 1.70. The molecule has 0 spiro atoms. The molecule has 3 rings (SSSR count). The van der Waals surface area contributed by atoms with Crippen LogP contribution in [-0.4, -0.2) is 0 Å². The topological polar surface area (TPSA) is 47.6 Å². The molecule has 0 bridgehead atoms. The van der Waals surface area contributed by atoms with Crippen LogP contribution in [0.3, 0.4) is 0 Å².